The molecule has 0 spiro atoms. The van der Waals surface area contributed by atoms with E-state index in [2.05, 4.69) is 20.8 Å². The average Bonchev–Trinajstić information content (AvgIpc) is 2.78. The molecule has 0 bridgehead atoms. The molecule has 0 saturated carbocycles. The molecule has 0 saturated heterocycles. The van der Waals surface area contributed by atoms with Gasteiger partial charge < -0.3 is 5.32 Å². The minimum absolute atomic E-state index is 0.0565. The maximum atomic E-state index is 5.86. The molecule has 0 amide bonds. The summed E-state index contributed by atoms with van der Waals surface area (Å²) in [7, 11) is 0. The quantitative estimate of drug-likeness (QED) is 0.802. The van der Waals surface area contributed by atoms with E-state index in [1.54, 1.807) is 0 Å². The smallest absolute Gasteiger partial charge is 0.172 e. The molecule has 0 radical (unpaired) electrons. The van der Waals surface area contributed by atoms with Crippen LogP contribution in [0.4, 0.5) is 0 Å². The lowest BCUT2D eigenvalue weighted by Gasteiger charge is -2.23. The molecule has 5 nitrogen and oxygen atoms in total. The van der Waals surface area contributed by atoms with Gasteiger partial charge in [-0.1, -0.05) is 23.7 Å². The van der Waals surface area contributed by atoms with Crippen LogP contribution in [0.3, 0.4) is 0 Å². The van der Waals surface area contributed by atoms with E-state index in [-0.39, 0.29) is 6.04 Å². The zero-order valence-corrected chi connectivity index (χ0v) is 9.22. The van der Waals surface area contributed by atoms with Crippen LogP contribution in [0.15, 0.2) is 24.3 Å². The van der Waals surface area contributed by atoms with Gasteiger partial charge in [0.2, 0.25) is 0 Å². The van der Waals surface area contributed by atoms with E-state index in [0.717, 1.165) is 29.5 Å². The van der Waals surface area contributed by atoms with Gasteiger partial charge in [0.25, 0.3) is 0 Å². The van der Waals surface area contributed by atoms with Crippen LogP contribution in [0, 0.1) is 0 Å². The summed E-state index contributed by atoms with van der Waals surface area (Å²) in [5, 5.41) is 15.8. The van der Waals surface area contributed by atoms with Gasteiger partial charge in [0.15, 0.2) is 5.82 Å². The highest BCUT2D eigenvalue weighted by atomic mass is 35.5. The Morgan fingerprint density at radius 2 is 2.12 bits per heavy atom. The van der Waals surface area contributed by atoms with Gasteiger partial charge in [0.05, 0.1) is 12.6 Å². The number of fused-ring (bicyclic) bond motifs is 1. The fraction of sp³-hybridized carbons (Fsp3) is 0.300. The summed E-state index contributed by atoms with van der Waals surface area (Å²) in [5.41, 5.74) is 1.13. The molecule has 1 atom stereocenters. The maximum Gasteiger partial charge on any atom is 0.172 e. The van der Waals surface area contributed by atoms with Gasteiger partial charge in [-0.15, -0.1) is 5.10 Å². The van der Waals surface area contributed by atoms with Crippen LogP contribution in [0.5, 0.6) is 0 Å². The number of halogens is 1. The summed E-state index contributed by atoms with van der Waals surface area (Å²) < 4.78 is 1.83. The fourth-order valence-corrected chi connectivity index (χ4v) is 2.03. The van der Waals surface area contributed by atoms with Crippen LogP contribution in [-0.4, -0.2) is 26.8 Å². The van der Waals surface area contributed by atoms with Crippen LogP contribution in [0.2, 0.25) is 5.02 Å². The van der Waals surface area contributed by atoms with Crippen LogP contribution < -0.4 is 5.32 Å². The molecule has 82 valence electrons. The number of hydrogen-bond donors (Lipinski definition) is 1. The first-order valence-corrected chi connectivity index (χ1v) is 5.47. The van der Waals surface area contributed by atoms with Crippen LogP contribution in [-0.2, 0) is 6.54 Å². The lowest BCUT2D eigenvalue weighted by molar-refractivity contribution is 0.425. The molecule has 2 heterocycles. The third-order valence-electron chi connectivity index (χ3n) is 2.69. The third kappa shape index (κ3) is 1.58. The van der Waals surface area contributed by atoms with Crippen molar-refractivity contribution in [3.05, 3.63) is 40.7 Å². The molecule has 1 N–H and O–H groups in total. The Balaban J connectivity index is 2.00. The van der Waals surface area contributed by atoms with E-state index >= 15 is 0 Å². The van der Waals surface area contributed by atoms with E-state index in [0.29, 0.717) is 0 Å². The molecule has 1 aromatic heterocycles. The van der Waals surface area contributed by atoms with Crippen molar-refractivity contribution in [2.45, 2.75) is 12.6 Å². The first-order valence-electron chi connectivity index (χ1n) is 5.09. The normalized spacial score (nSPS) is 19.4. The van der Waals surface area contributed by atoms with E-state index in [1.807, 2.05) is 28.9 Å². The lowest BCUT2D eigenvalue weighted by Crippen LogP contribution is -2.34. The van der Waals surface area contributed by atoms with E-state index < -0.39 is 0 Å². The van der Waals surface area contributed by atoms with Gasteiger partial charge in [-0.3, -0.25) is 0 Å². The van der Waals surface area contributed by atoms with Gasteiger partial charge in [0.1, 0.15) is 0 Å². The molecule has 1 aliphatic heterocycles. The van der Waals surface area contributed by atoms with Gasteiger partial charge >= 0.3 is 0 Å². The Kier molecular flexibility index (Phi) is 2.34. The summed E-state index contributed by atoms with van der Waals surface area (Å²) in [5.74, 6) is 0.855. The van der Waals surface area contributed by atoms with Crippen molar-refractivity contribution in [2.24, 2.45) is 0 Å². The Labute approximate surface area is 97.4 Å². The van der Waals surface area contributed by atoms with Crippen LogP contribution in [0.25, 0.3) is 0 Å². The second kappa shape index (κ2) is 3.84. The van der Waals surface area contributed by atoms with Gasteiger partial charge in [0, 0.05) is 11.6 Å². The molecule has 1 unspecified atom stereocenters. The Bertz CT molecular complexity index is 492. The van der Waals surface area contributed by atoms with Crippen molar-refractivity contribution in [1.82, 2.24) is 25.5 Å². The molecule has 2 aromatic rings. The Hall–Kier alpha value is -1.46. The van der Waals surface area contributed by atoms with Crippen LogP contribution in [0.1, 0.15) is 17.4 Å². The molecule has 0 fully saturated rings. The number of tetrazole rings is 1. The van der Waals surface area contributed by atoms with Crippen molar-refractivity contribution in [3.8, 4) is 0 Å². The van der Waals surface area contributed by atoms with Crippen molar-refractivity contribution >= 4 is 11.6 Å². The minimum Gasteiger partial charge on any atom is -0.302 e. The number of nitrogens with one attached hydrogen (secondary N) is 1. The largest absolute Gasteiger partial charge is 0.302 e. The molecular formula is C10H10ClN5. The number of rotatable bonds is 1. The molecule has 1 aromatic carbocycles. The first kappa shape index (κ1) is 9.74. The van der Waals surface area contributed by atoms with Crippen molar-refractivity contribution in [1.29, 1.82) is 0 Å². The average molecular weight is 236 g/mol. The molecule has 1 aliphatic rings. The highest BCUT2D eigenvalue weighted by molar-refractivity contribution is 6.30. The van der Waals surface area contributed by atoms with Crippen molar-refractivity contribution in [2.75, 3.05) is 6.54 Å². The summed E-state index contributed by atoms with van der Waals surface area (Å²) in [6, 6.07) is 7.79. The van der Waals surface area contributed by atoms with Crippen molar-refractivity contribution < 1.29 is 0 Å². The van der Waals surface area contributed by atoms with Crippen LogP contribution >= 0.6 is 11.6 Å². The number of hydrogen-bond acceptors (Lipinski definition) is 4. The zero-order valence-electron chi connectivity index (χ0n) is 8.47. The monoisotopic (exact) mass is 235 g/mol. The Morgan fingerprint density at radius 3 is 2.94 bits per heavy atom. The molecule has 6 heteroatoms. The Morgan fingerprint density at radius 1 is 1.31 bits per heavy atom. The predicted molar refractivity (Wildman–Crippen MR) is 59.1 cm³/mol. The van der Waals surface area contributed by atoms with E-state index in [9.17, 15) is 0 Å². The van der Waals surface area contributed by atoms with Gasteiger partial charge in [-0.05, 0) is 28.1 Å². The van der Waals surface area contributed by atoms with Gasteiger partial charge in [-0.25, -0.2) is 4.68 Å². The summed E-state index contributed by atoms with van der Waals surface area (Å²) in [6.45, 7) is 1.68. The standard InChI is InChI=1S/C10H10ClN5/c11-8-3-1-7(2-4-8)9-10-13-14-15-16(10)6-5-12-9/h1-4,9,12H,5-6H2. The number of aromatic nitrogens is 4. The summed E-state index contributed by atoms with van der Waals surface area (Å²) >= 11 is 5.86. The van der Waals surface area contributed by atoms with E-state index in [4.69, 9.17) is 11.6 Å². The fourth-order valence-electron chi connectivity index (χ4n) is 1.91. The third-order valence-corrected chi connectivity index (χ3v) is 2.95. The molecule has 16 heavy (non-hydrogen) atoms. The van der Waals surface area contributed by atoms with Crippen molar-refractivity contribution in [3.63, 3.8) is 0 Å². The molecule has 3 rings (SSSR count). The summed E-state index contributed by atoms with van der Waals surface area (Å²) in [4.78, 5) is 0. The summed E-state index contributed by atoms with van der Waals surface area (Å²) in [6.07, 6.45) is 0. The second-order valence-electron chi connectivity index (χ2n) is 3.70. The zero-order chi connectivity index (χ0) is 11.0. The number of benzene rings is 1. The minimum atomic E-state index is 0.0565. The SMILES string of the molecule is Clc1ccc(C2NCCn3nnnc32)cc1. The predicted octanol–water partition coefficient (Wildman–Crippen LogP) is 1.02. The van der Waals surface area contributed by atoms with E-state index in [1.165, 1.54) is 0 Å². The van der Waals surface area contributed by atoms with Gasteiger partial charge in [-0.2, -0.15) is 0 Å². The first-order chi connectivity index (χ1) is 7.84. The lowest BCUT2D eigenvalue weighted by atomic mass is 10.1. The molecule has 0 aliphatic carbocycles. The number of nitrogens with zero attached hydrogens (tertiary/aromatic N) is 4. The highest BCUT2D eigenvalue weighted by Gasteiger charge is 2.24. The molecular weight excluding hydrogens is 226 g/mol. The second-order valence-corrected chi connectivity index (χ2v) is 4.14. The highest BCUT2D eigenvalue weighted by Crippen LogP contribution is 2.23. The topological polar surface area (TPSA) is 55.6 Å². The maximum absolute atomic E-state index is 5.86.